The smallest absolute Gasteiger partial charge is 0.0159 e. The minimum atomic E-state index is 0.500. The van der Waals surface area contributed by atoms with Crippen LogP contribution in [0.4, 0.5) is 0 Å². The third kappa shape index (κ3) is 28.3. The first-order chi connectivity index (χ1) is 5.33. The first-order valence-corrected chi connectivity index (χ1v) is 3.36. The van der Waals surface area contributed by atoms with E-state index in [0.29, 0.717) is 12.2 Å². The normalized spacial score (nSPS) is 12.4. The summed E-state index contributed by atoms with van der Waals surface area (Å²) in [6.45, 7) is 0. The van der Waals surface area contributed by atoms with Gasteiger partial charge in [-0.25, -0.2) is 0 Å². The fourth-order valence-corrected chi connectivity index (χ4v) is 0.884. The monoisotopic (exact) mass is 154 g/mol. The maximum Gasteiger partial charge on any atom is -0.0159 e. The predicted octanol–water partition coefficient (Wildman–Crippen LogP) is 1.73. The van der Waals surface area contributed by atoms with Gasteiger partial charge in [0.25, 0.3) is 0 Å². The van der Waals surface area contributed by atoms with Crippen molar-refractivity contribution >= 4 is 12.2 Å². The largest absolute Gasteiger partial charge is 0.724 e. The molecular formula is C7H10N2O2-2. The third-order valence-corrected chi connectivity index (χ3v) is 1.25. The molecule has 1 aliphatic rings. The minimum Gasteiger partial charge on any atom is -0.724 e. The van der Waals surface area contributed by atoms with E-state index in [1.807, 2.05) is 0 Å². The molecule has 0 aromatic carbocycles. The summed E-state index contributed by atoms with van der Waals surface area (Å²) in [6, 6.07) is 0. The van der Waals surface area contributed by atoms with Gasteiger partial charge in [-0.05, 0) is 12.2 Å². The molecule has 11 heavy (non-hydrogen) atoms. The highest BCUT2D eigenvalue weighted by Gasteiger charge is 1.95. The van der Waals surface area contributed by atoms with Crippen molar-refractivity contribution in [2.24, 2.45) is 0 Å². The topological polar surface area (TPSA) is 78.7 Å². The Labute approximate surface area is 65.6 Å². The van der Waals surface area contributed by atoms with Crippen molar-refractivity contribution in [3.05, 3.63) is 10.8 Å². The first kappa shape index (κ1) is 12.4. The van der Waals surface area contributed by atoms with Crippen molar-refractivity contribution in [3.8, 4) is 0 Å². The van der Waals surface area contributed by atoms with Crippen molar-refractivity contribution in [1.82, 2.24) is 0 Å². The van der Waals surface area contributed by atoms with Crippen molar-refractivity contribution in [2.45, 2.75) is 32.1 Å². The maximum atomic E-state index is 8.24. The Bertz CT molecular complexity index is 110. The molecule has 1 saturated carbocycles. The van der Waals surface area contributed by atoms with Crippen LogP contribution in [-0.2, 0) is 9.59 Å². The fourth-order valence-electron chi connectivity index (χ4n) is 0.884. The van der Waals surface area contributed by atoms with Gasteiger partial charge >= 0.3 is 0 Å². The number of nitrogens with zero attached hydrogens (tertiary/aromatic N) is 2. The van der Waals surface area contributed by atoms with E-state index in [1.54, 1.807) is 0 Å². The van der Waals surface area contributed by atoms with Gasteiger partial charge in [-0.2, -0.15) is 0 Å². The minimum absolute atomic E-state index is 0.500. The molecule has 1 rings (SSSR count). The van der Waals surface area contributed by atoms with Gasteiger partial charge in [0.05, 0.1) is 0 Å². The second kappa shape index (κ2) is 15.9. The zero-order valence-corrected chi connectivity index (χ0v) is 6.25. The van der Waals surface area contributed by atoms with Gasteiger partial charge in [0.2, 0.25) is 0 Å². The number of hydrogen-bond donors (Lipinski definition) is 0. The molecule has 0 bridgehead atoms. The Balaban J connectivity index is 0. The summed E-state index contributed by atoms with van der Waals surface area (Å²) in [6.07, 6.45) is 8.50. The van der Waals surface area contributed by atoms with Gasteiger partial charge in [0.15, 0.2) is 0 Å². The summed E-state index contributed by atoms with van der Waals surface area (Å²) in [4.78, 5) is 16.5. The van der Waals surface area contributed by atoms with Crippen LogP contribution in [0.5, 0.6) is 0 Å². The zero-order valence-electron chi connectivity index (χ0n) is 6.25. The van der Waals surface area contributed by atoms with Crippen LogP contribution >= 0.6 is 0 Å². The van der Waals surface area contributed by atoms with Crippen molar-refractivity contribution < 1.29 is 9.59 Å². The number of hydrogen-bond acceptors (Lipinski definition) is 2. The molecule has 4 heteroatoms. The SMILES string of the molecule is C1CCCC1.[N-]=C=O.[N-]=C=O. The Morgan fingerprint density at radius 2 is 0.818 bits per heavy atom. The lowest BCUT2D eigenvalue weighted by Crippen LogP contribution is -1.47. The lowest BCUT2D eigenvalue weighted by Gasteiger charge is -1.67. The molecule has 0 atom stereocenters. The van der Waals surface area contributed by atoms with Crippen LogP contribution in [0.1, 0.15) is 32.1 Å². The van der Waals surface area contributed by atoms with Crippen LogP contribution < -0.4 is 0 Å². The maximum absolute atomic E-state index is 8.24. The average molecular weight is 154 g/mol. The fraction of sp³-hybridized carbons (Fsp3) is 0.714. The highest BCUT2D eigenvalue weighted by atomic mass is 16.1. The molecule has 1 fully saturated rings. The van der Waals surface area contributed by atoms with E-state index in [9.17, 15) is 0 Å². The molecule has 0 aliphatic heterocycles. The molecule has 0 unspecified atom stereocenters. The van der Waals surface area contributed by atoms with Gasteiger partial charge in [-0.1, -0.05) is 32.1 Å². The third-order valence-electron chi connectivity index (χ3n) is 1.25. The molecule has 0 aromatic heterocycles. The summed E-state index contributed by atoms with van der Waals surface area (Å²) in [5.74, 6) is 0. The van der Waals surface area contributed by atoms with Crippen molar-refractivity contribution in [1.29, 1.82) is 0 Å². The summed E-state index contributed by atoms with van der Waals surface area (Å²) in [5, 5.41) is 13.5. The standard InChI is InChI=1S/C5H10.2CNO/c1-2-4-5-3-1;2*2-1-3/h1-5H2;;/q;2*-1. The predicted molar refractivity (Wildman–Crippen MR) is 41.2 cm³/mol. The first-order valence-electron chi connectivity index (χ1n) is 3.36. The van der Waals surface area contributed by atoms with Crippen LogP contribution in [0.25, 0.3) is 10.8 Å². The number of rotatable bonds is 0. The van der Waals surface area contributed by atoms with Gasteiger partial charge < -0.3 is 10.8 Å². The van der Waals surface area contributed by atoms with Gasteiger partial charge in [-0.3, -0.25) is 9.59 Å². The Morgan fingerprint density at radius 3 is 0.909 bits per heavy atom. The van der Waals surface area contributed by atoms with Gasteiger partial charge in [-0.15, -0.1) is 0 Å². The molecule has 0 heterocycles. The Morgan fingerprint density at radius 1 is 0.727 bits per heavy atom. The Kier molecular flexibility index (Phi) is 18.0. The van der Waals surface area contributed by atoms with E-state index in [4.69, 9.17) is 20.4 Å². The zero-order chi connectivity index (χ0) is 8.95. The van der Waals surface area contributed by atoms with Crippen molar-refractivity contribution in [2.75, 3.05) is 0 Å². The van der Waals surface area contributed by atoms with E-state index in [1.165, 1.54) is 32.1 Å². The van der Waals surface area contributed by atoms with Crippen LogP contribution in [0.3, 0.4) is 0 Å². The quantitative estimate of drug-likeness (QED) is 0.393. The van der Waals surface area contributed by atoms with E-state index in [2.05, 4.69) is 0 Å². The van der Waals surface area contributed by atoms with Crippen LogP contribution in [0.15, 0.2) is 0 Å². The van der Waals surface area contributed by atoms with E-state index in [0.717, 1.165) is 0 Å². The summed E-state index contributed by atoms with van der Waals surface area (Å²) in [7, 11) is 0. The van der Waals surface area contributed by atoms with Crippen molar-refractivity contribution in [3.63, 3.8) is 0 Å². The van der Waals surface area contributed by atoms with E-state index in [-0.39, 0.29) is 0 Å². The average Bonchev–Trinajstić information content (AvgIpc) is 2.44. The molecule has 0 radical (unpaired) electrons. The molecule has 0 amide bonds. The van der Waals surface area contributed by atoms with Gasteiger partial charge in [0.1, 0.15) is 0 Å². The highest BCUT2D eigenvalue weighted by molar-refractivity contribution is 5.37. The molecule has 1 aliphatic carbocycles. The van der Waals surface area contributed by atoms with Crippen LogP contribution in [-0.4, -0.2) is 12.2 Å². The molecule has 0 saturated heterocycles. The molecule has 0 N–H and O–H groups in total. The summed E-state index contributed by atoms with van der Waals surface area (Å²) >= 11 is 0. The lowest BCUT2D eigenvalue weighted by atomic mass is 10.4. The Hall–Kier alpha value is -1.24. The molecule has 0 aromatic rings. The van der Waals surface area contributed by atoms with Crippen LogP contribution in [0, 0.1) is 0 Å². The second-order valence-electron chi connectivity index (χ2n) is 1.95. The van der Waals surface area contributed by atoms with Crippen LogP contribution in [0.2, 0.25) is 0 Å². The second-order valence-corrected chi connectivity index (χ2v) is 1.95. The molecular weight excluding hydrogens is 144 g/mol. The molecule has 62 valence electrons. The lowest BCUT2D eigenvalue weighted by molar-refractivity contribution is 0.568. The summed E-state index contributed by atoms with van der Waals surface area (Å²) < 4.78 is 0. The summed E-state index contributed by atoms with van der Waals surface area (Å²) in [5.41, 5.74) is 0. The van der Waals surface area contributed by atoms with E-state index >= 15 is 0 Å². The molecule has 0 spiro atoms. The number of carbonyl (C=O) groups excluding carboxylic acids is 2. The highest BCUT2D eigenvalue weighted by Crippen LogP contribution is 2.15. The van der Waals surface area contributed by atoms with E-state index < -0.39 is 0 Å². The molecule has 4 nitrogen and oxygen atoms in total. The van der Waals surface area contributed by atoms with Gasteiger partial charge in [0, 0.05) is 0 Å². The number of isocyanates is 2.